The van der Waals surface area contributed by atoms with Crippen LogP contribution in [0.2, 0.25) is 0 Å². The van der Waals surface area contributed by atoms with Gasteiger partial charge < -0.3 is 28.6 Å². The molecule has 1 fully saturated rings. The highest BCUT2D eigenvalue weighted by Gasteiger charge is 2.66. The molecule has 154 valence electrons. The highest BCUT2D eigenvalue weighted by Crippen LogP contribution is 2.62. The molecule has 1 aromatic rings. The molecule has 5 rings (SSSR count). The van der Waals surface area contributed by atoms with Gasteiger partial charge in [0, 0.05) is 24.1 Å². The Labute approximate surface area is 168 Å². The molecule has 8 heteroatoms. The fourth-order valence-corrected chi connectivity index (χ4v) is 5.79. The SMILES string of the molecule is COC(=O)OC1C=CC2[C@H]3Cc4ccc(OC)c5c4[C@@]2(CCN3C(=O)OC)[C@H]1O5. The third-order valence-corrected chi connectivity index (χ3v) is 6.87. The summed E-state index contributed by atoms with van der Waals surface area (Å²) in [5.74, 6) is 1.41. The maximum Gasteiger partial charge on any atom is 0.508 e. The topological polar surface area (TPSA) is 83.5 Å². The number of carbonyl (C=O) groups excluding carboxylic acids is 2. The Morgan fingerprint density at radius 3 is 2.72 bits per heavy atom. The number of likely N-dealkylation sites (tertiary alicyclic amines) is 1. The second-order valence-corrected chi connectivity index (χ2v) is 7.84. The smallest absolute Gasteiger partial charge is 0.493 e. The third kappa shape index (κ3) is 2.25. The van der Waals surface area contributed by atoms with E-state index >= 15 is 0 Å². The largest absolute Gasteiger partial charge is 0.508 e. The average Bonchev–Trinajstić information content (AvgIpc) is 3.08. The Morgan fingerprint density at radius 2 is 2.00 bits per heavy atom. The predicted molar refractivity (Wildman–Crippen MR) is 100 cm³/mol. The third-order valence-electron chi connectivity index (χ3n) is 6.87. The Bertz CT molecular complexity index is 913. The maximum atomic E-state index is 12.4. The van der Waals surface area contributed by atoms with Gasteiger partial charge in [0.05, 0.1) is 26.7 Å². The molecule has 2 unspecified atom stereocenters. The van der Waals surface area contributed by atoms with Gasteiger partial charge in [-0.2, -0.15) is 0 Å². The van der Waals surface area contributed by atoms with Crippen molar-refractivity contribution in [2.45, 2.75) is 36.5 Å². The number of rotatable bonds is 2. The number of carbonyl (C=O) groups is 2. The van der Waals surface area contributed by atoms with Crippen LogP contribution in [-0.4, -0.2) is 63.3 Å². The zero-order valence-corrected chi connectivity index (χ0v) is 16.5. The van der Waals surface area contributed by atoms with Crippen LogP contribution in [0.1, 0.15) is 17.5 Å². The molecule has 2 heterocycles. The molecule has 8 nitrogen and oxygen atoms in total. The predicted octanol–water partition coefficient (Wildman–Crippen LogP) is 2.43. The Morgan fingerprint density at radius 1 is 1.17 bits per heavy atom. The molecule has 0 saturated carbocycles. The van der Waals surface area contributed by atoms with E-state index in [2.05, 4.69) is 6.08 Å². The summed E-state index contributed by atoms with van der Waals surface area (Å²) in [6, 6.07) is 3.89. The van der Waals surface area contributed by atoms with Crippen LogP contribution < -0.4 is 9.47 Å². The molecule has 1 saturated heterocycles. The first-order chi connectivity index (χ1) is 14.0. The van der Waals surface area contributed by atoms with Gasteiger partial charge in [-0.3, -0.25) is 0 Å². The monoisotopic (exact) mass is 401 g/mol. The molecule has 1 aromatic carbocycles. The number of methoxy groups -OCH3 is 3. The van der Waals surface area contributed by atoms with Gasteiger partial charge in [0.2, 0.25) is 0 Å². The maximum absolute atomic E-state index is 12.4. The van der Waals surface area contributed by atoms with E-state index in [-0.39, 0.29) is 18.1 Å². The Balaban J connectivity index is 1.67. The second-order valence-electron chi connectivity index (χ2n) is 7.84. The van der Waals surface area contributed by atoms with Gasteiger partial charge in [0.25, 0.3) is 0 Å². The van der Waals surface area contributed by atoms with Crippen molar-refractivity contribution in [3.63, 3.8) is 0 Å². The van der Waals surface area contributed by atoms with E-state index in [1.807, 2.05) is 23.1 Å². The molecule has 1 spiro atoms. The van der Waals surface area contributed by atoms with Crippen molar-refractivity contribution in [2.75, 3.05) is 27.9 Å². The summed E-state index contributed by atoms with van der Waals surface area (Å²) in [4.78, 5) is 26.1. The van der Waals surface area contributed by atoms with Crippen LogP contribution >= 0.6 is 0 Å². The average molecular weight is 401 g/mol. The number of hydrogen-bond acceptors (Lipinski definition) is 7. The normalized spacial score (nSPS) is 32.7. The van der Waals surface area contributed by atoms with E-state index in [0.29, 0.717) is 30.9 Å². The molecule has 0 aromatic heterocycles. The fraction of sp³-hybridized carbons (Fsp3) is 0.524. The number of amides is 1. The van der Waals surface area contributed by atoms with Gasteiger partial charge in [-0.25, -0.2) is 9.59 Å². The van der Waals surface area contributed by atoms with Crippen LogP contribution in [0.4, 0.5) is 9.59 Å². The minimum Gasteiger partial charge on any atom is -0.493 e. The van der Waals surface area contributed by atoms with Gasteiger partial charge >= 0.3 is 12.2 Å². The minimum atomic E-state index is -0.749. The van der Waals surface area contributed by atoms with Crippen LogP contribution in [0.3, 0.4) is 0 Å². The van der Waals surface area contributed by atoms with E-state index in [1.165, 1.54) is 14.2 Å². The van der Waals surface area contributed by atoms with Gasteiger partial charge in [-0.15, -0.1) is 0 Å². The molecule has 1 amide bonds. The number of ether oxygens (including phenoxy) is 5. The lowest BCUT2D eigenvalue weighted by Gasteiger charge is -2.56. The van der Waals surface area contributed by atoms with Gasteiger partial charge in [-0.05, 0) is 30.5 Å². The van der Waals surface area contributed by atoms with Crippen LogP contribution in [0.5, 0.6) is 11.5 Å². The first-order valence-corrected chi connectivity index (χ1v) is 9.69. The summed E-state index contributed by atoms with van der Waals surface area (Å²) in [6.07, 6.45) is 3.21. The van der Waals surface area contributed by atoms with E-state index < -0.39 is 23.8 Å². The van der Waals surface area contributed by atoms with Crippen LogP contribution in [-0.2, 0) is 26.0 Å². The van der Waals surface area contributed by atoms with Gasteiger partial charge in [-0.1, -0.05) is 12.1 Å². The van der Waals surface area contributed by atoms with E-state index in [9.17, 15) is 9.59 Å². The van der Waals surface area contributed by atoms with Crippen molar-refractivity contribution in [3.05, 3.63) is 35.4 Å². The molecule has 29 heavy (non-hydrogen) atoms. The van der Waals surface area contributed by atoms with E-state index in [4.69, 9.17) is 23.7 Å². The molecule has 2 bridgehead atoms. The summed E-state index contributed by atoms with van der Waals surface area (Å²) in [5.41, 5.74) is 1.85. The lowest BCUT2D eigenvalue weighted by molar-refractivity contribution is -0.0613. The van der Waals surface area contributed by atoms with Crippen LogP contribution in [0, 0.1) is 5.92 Å². The van der Waals surface area contributed by atoms with Crippen LogP contribution in [0.25, 0.3) is 0 Å². The molecular formula is C21H23NO7. The van der Waals surface area contributed by atoms with Crippen molar-refractivity contribution in [2.24, 2.45) is 5.92 Å². The zero-order valence-electron chi connectivity index (χ0n) is 16.5. The lowest BCUT2D eigenvalue weighted by atomic mass is 9.53. The Hall–Kier alpha value is -2.90. The molecule has 2 aliphatic heterocycles. The number of piperidine rings is 1. The highest BCUT2D eigenvalue weighted by molar-refractivity contribution is 5.70. The Kier molecular flexibility index (Phi) is 3.94. The summed E-state index contributed by atoms with van der Waals surface area (Å²) in [7, 11) is 4.31. The van der Waals surface area contributed by atoms with Crippen molar-refractivity contribution in [1.82, 2.24) is 4.90 Å². The standard InChI is InChI=1S/C21H23NO7/c1-25-14-6-4-11-10-13-12-5-7-15(28-20(24)27-3)18-21(12,16(11)17(14)29-18)8-9-22(13)19(23)26-2/h4-7,12-13,15,18H,8-10H2,1-3H3/t12?,13-,15?,18+,21+/m1/s1. The molecule has 4 aliphatic rings. The summed E-state index contributed by atoms with van der Waals surface area (Å²) < 4.78 is 27.3. The molecular weight excluding hydrogens is 378 g/mol. The first kappa shape index (κ1) is 18.1. The molecule has 5 atom stereocenters. The van der Waals surface area contributed by atoms with E-state index in [1.54, 1.807) is 7.11 Å². The number of nitrogens with zero attached hydrogens (tertiary/aromatic N) is 1. The summed E-state index contributed by atoms with van der Waals surface area (Å²) >= 11 is 0. The number of hydrogen-bond donors (Lipinski definition) is 0. The molecule has 0 radical (unpaired) electrons. The van der Waals surface area contributed by atoms with Crippen molar-refractivity contribution in [3.8, 4) is 11.5 Å². The summed E-state index contributed by atoms with van der Waals surface area (Å²) in [5, 5.41) is 0. The number of benzene rings is 1. The summed E-state index contributed by atoms with van der Waals surface area (Å²) in [6.45, 7) is 0.544. The zero-order chi connectivity index (χ0) is 20.3. The van der Waals surface area contributed by atoms with Crippen molar-refractivity contribution >= 4 is 12.2 Å². The van der Waals surface area contributed by atoms with Crippen LogP contribution in [0.15, 0.2) is 24.3 Å². The molecule has 0 N–H and O–H groups in total. The minimum absolute atomic E-state index is 0.0266. The van der Waals surface area contributed by atoms with Crippen molar-refractivity contribution < 1.29 is 33.3 Å². The first-order valence-electron chi connectivity index (χ1n) is 9.69. The van der Waals surface area contributed by atoms with Gasteiger partial charge in [0.15, 0.2) is 17.6 Å². The quantitative estimate of drug-likeness (QED) is 0.556. The fourth-order valence-electron chi connectivity index (χ4n) is 5.79. The van der Waals surface area contributed by atoms with Gasteiger partial charge in [0.1, 0.15) is 6.10 Å². The van der Waals surface area contributed by atoms with Crippen molar-refractivity contribution in [1.29, 1.82) is 0 Å². The highest BCUT2D eigenvalue weighted by atomic mass is 16.7. The molecule has 2 aliphatic carbocycles. The second kappa shape index (κ2) is 6.30. The lowest BCUT2D eigenvalue weighted by Crippen LogP contribution is -2.66. The van der Waals surface area contributed by atoms with E-state index in [0.717, 1.165) is 11.1 Å².